The van der Waals surface area contributed by atoms with Crippen LogP contribution >= 0.6 is 11.3 Å². The van der Waals surface area contributed by atoms with Crippen molar-refractivity contribution in [3.63, 3.8) is 0 Å². The van der Waals surface area contributed by atoms with Crippen molar-refractivity contribution >= 4 is 38.7 Å². The van der Waals surface area contributed by atoms with Crippen LogP contribution in [-0.4, -0.2) is 82.9 Å². The molecule has 8 nitrogen and oxygen atoms in total. The molecule has 192 valence electrons. The quantitative estimate of drug-likeness (QED) is 0.309. The third-order valence-electron chi connectivity index (χ3n) is 5.96. The van der Waals surface area contributed by atoms with Crippen molar-refractivity contribution in [2.24, 2.45) is 4.40 Å². The summed E-state index contributed by atoms with van der Waals surface area (Å²) >= 11 is 1.45. The summed E-state index contributed by atoms with van der Waals surface area (Å²) in [5.74, 6) is -0.359. The molecule has 1 fully saturated rings. The number of hydrogen-bond donors (Lipinski definition) is 0. The van der Waals surface area contributed by atoms with Crippen LogP contribution in [0, 0.1) is 6.92 Å². The number of piperazine rings is 1. The van der Waals surface area contributed by atoms with E-state index in [0.717, 1.165) is 47.9 Å². The zero-order chi connectivity index (χ0) is 26.0. The minimum Gasteiger partial charge on any atom is -0.462 e. The summed E-state index contributed by atoms with van der Waals surface area (Å²) in [5, 5.41) is 1.06. The molecule has 0 spiro atoms. The predicted octanol–water partition coefficient (Wildman–Crippen LogP) is 4.10. The van der Waals surface area contributed by atoms with Gasteiger partial charge in [-0.25, -0.2) is 4.79 Å². The smallest absolute Gasteiger partial charge is 0.349 e. The van der Waals surface area contributed by atoms with Crippen LogP contribution in [0.1, 0.15) is 42.9 Å². The summed E-state index contributed by atoms with van der Waals surface area (Å²) in [7, 11) is -0.388. The maximum Gasteiger partial charge on any atom is 0.349 e. The van der Waals surface area contributed by atoms with E-state index in [1.54, 1.807) is 38.1 Å². The average Bonchev–Trinajstić information content (AvgIpc) is 3.15. The topological polar surface area (TPSA) is 82.5 Å². The molecule has 0 N–H and O–H groups in total. The van der Waals surface area contributed by atoms with Crippen molar-refractivity contribution < 1.29 is 17.9 Å². The SMILES string of the molecule is CCOC(=O)c1sc(N2CCN(C(C)(C)C)CC2)c(C)c1-c1ccc(S(=O)(=O)N=CN(C)C)cc1. The highest BCUT2D eigenvalue weighted by molar-refractivity contribution is 7.90. The highest BCUT2D eigenvalue weighted by Gasteiger charge is 2.30. The number of nitrogens with zero attached hydrogens (tertiary/aromatic N) is 4. The minimum absolute atomic E-state index is 0.100. The Labute approximate surface area is 213 Å². The van der Waals surface area contributed by atoms with Crippen LogP contribution < -0.4 is 4.90 Å². The number of sulfonamides is 1. The zero-order valence-electron chi connectivity index (χ0n) is 21.7. The van der Waals surface area contributed by atoms with Crippen molar-refractivity contribution in [1.82, 2.24) is 9.80 Å². The van der Waals surface area contributed by atoms with E-state index in [0.29, 0.717) is 4.88 Å². The Kier molecular flexibility index (Phi) is 8.28. The van der Waals surface area contributed by atoms with E-state index in [4.69, 9.17) is 4.74 Å². The van der Waals surface area contributed by atoms with Gasteiger partial charge in [0.15, 0.2) is 0 Å². The van der Waals surface area contributed by atoms with Gasteiger partial charge >= 0.3 is 5.97 Å². The summed E-state index contributed by atoms with van der Waals surface area (Å²) in [6, 6.07) is 6.53. The van der Waals surface area contributed by atoms with Gasteiger partial charge in [-0.3, -0.25) is 4.90 Å². The van der Waals surface area contributed by atoms with Crippen LogP contribution in [0.4, 0.5) is 5.00 Å². The van der Waals surface area contributed by atoms with Crippen LogP contribution in [-0.2, 0) is 14.8 Å². The van der Waals surface area contributed by atoms with Crippen LogP contribution in [0.5, 0.6) is 0 Å². The number of esters is 1. The summed E-state index contributed by atoms with van der Waals surface area (Å²) in [6.07, 6.45) is 1.26. The third kappa shape index (κ3) is 6.23. The molecule has 2 heterocycles. The number of carbonyl (C=O) groups is 1. The van der Waals surface area contributed by atoms with Crippen LogP contribution in [0.3, 0.4) is 0 Å². The van der Waals surface area contributed by atoms with Crippen LogP contribution in [0.15, 0.2) is 33.6 Å². The molecule has 0 bridgehead atoms. The summed E-state index contributed by atoms with van der Waals surface area (Å²) in [6.45, 7) is 14.4. The van der Waals surface area contributed by atoms with Gasteiger partial charge in [-0.15, -0.1) is 15.7 Å². The number of hydrogen-bond acceptors (Lipinski definition) is 7. The van der Waals surface area contributed by atoms with Crippen LogP contribution in [0.2, 0.25) is 0 Å². The van der Waals surface area contributed by atoms with Gasteiger partial charge in [0, 0.05) is 51.4 Å². The van der Waals surface area contributed by atoms with E-state index in [-0.39, 0.29) is 23.0 Å². The lowest BCUT2D eigenvalue weighted by Crippen LogP contribution is -2.53. The highest BCUT2D eigenvalue weighted by atomic mass is 32.2. The van der Waals surface area contributed by atoms with E-state index in [9.17, 15) is 13.2 Å². The number of rotatable bonds is 7. The molecule has 0 atom stereocenters. The van der Waals surface area contributed by atoms with Crippen LogP contribution in [0.25, 0.3) is 11.1 Å². The van der Waals surface area contributed by atoms with Gasteiger partial charge in [0.1, 0.15) is 11.2 Å². The molecule has 0 amide bonds. The molecular formula is C25H36N4O4S2. The molecule has 1 aromatic heterocycles. The lowest BCUT2D eigenvalue weighted by atomic mass is 10.0. The van der Waals surface area contributed by atoms with E-state index < -0.39 is 10.0 Å². The van der Waals surface area contributed by atoms with Crippen molar-refractivity contribution in [3.8, 4) is 11.1 Å². The number of thiophene rings is 1. The number of benzene rings is 1. The fraction of sp³-hybridized carbons (Fsp3) is 0.520. The molecule has 0 saturated carbocycles. The lowest BCUT2D eigenvalue weighted by Gasteiger charge is -2.42. The average molecular weight is 521 g/mol. The molecule has 0 unspecified atom stereocenters. The second kappa shape index (κ2) is 10.7. The Hall–Kier alpha value is -2.43. The Bertz CT molecular complexity index is 1170. The van der Waals surface area contributed by atoms with Crippen molar-refractivity contribution in [2.75, 3.05) is 51.8 Å². The second-order valence-corrected chi connectivity index (χ2v) is 12.4. The van der Waals surface area contributed by atoms with Gasteiger partial charge in [0.25, 0.3) is 10.0 Å². The molecule has 0 aliphatic carbocycles. The molecular weight excluding hydrogens is 484 g/mol. The first-order valence-electron chi connectivity index (χ1n) is 11.7. The maximum atomic E-state index is 12.9. The number of anilines is 1. The van der Waals surface area contributed by atoms with Crippen molar-refractivity contribution in [3.05, 3.63) is 34.7 Å². The standard InChI is InChI=1S/C25H36N4O4S2/c1-8-33-24(30)22-21(19-9-11-20(12-10-19)35(31,32)26-17-27(6)7)18(2)23(34-22)28-13-15-29(16-14-28)25(3,4)5/h9-12,17H,8,13-16H2,1-7H3. The van der Waals surface area contributed by atoms with E-state index in [1.807, 2.05) is 6.92 Å². The largest absolute Gasteiger partial charge is 0.462 e. The first kappa shape index (κ1) is 27.2. The molecule has 3 rings (SSSR count). The first-order valence-corrected chi connectivity index (χ1v) is 14.0. The normalized spacial score (nSPS) is 15.6. The molecule has 10 heteroatoms. The Morgan fingerprint density at radius 1 is 1.14 bits per heavy atom. The molecule has 0 radical (unpaired) electrons. The molecule has 1 aromatic carbocycles. The van der Waals surface area contributed by atoms with Gasteiger partial charge in [-0.1, -0.05) is 12.1 Å². The minimum atomic E-state index is -3.80. The van der Waals surface area contributed by atoms with Gasteiger partial charge in [-0.2, -0.15) is 8.42 Å². The first-order chi connectivity index (χ1) is 16.3. The number of carbonyl (C=O) groups excluding carboxylic acids is 1. The monoisotopic (exact) mass is 520 g/mol. The van der Waals surface area contributed by atoms with E-state index in [1.165, 1.54) is 29.8 Å². The summed E-state index contributed by atoms with van der Waals surface area (Å²) in [4.78, 5) is 19.9. The fourth-order valence-corrected chi connectivity index (χ4v) is 6.27. The molecule has 1 aliphatic heterocycles. The third-order valence-corrected chi connectivity index (χ3v) is 8.53. The van der Waals surface area contributed by atoms with Gasteiger partial charge < -0.3 is 14.5 Å². The predicted molar refractivity (Wildman–Crippen MR) is 143 cm³/mol. The Morgan fingerprint density at radius 2 is 1.74 bits per heavy atom. The van der Waals surface area contributed by atoms with Gasteiger partial charge in [0.2, 0.25) is 0 Å². The zero-order valence-corrected chi connectivity index (χ0v) is 23.3. The molecule has 2 aromatic rings. The summed E-state index contributed by atoms with van der Waals surface area (Å²) < 4.78 is 34.1. The van der Waals surface area contributed by atoms with E-state index in [2.05, 4.69) is 35.0 Å². The molecule has 35 heavy (non-hydrogen) atoms. The Balaban J connectivity index is 1.97. The fourth-order valence-electron chi connectivity index (χ4n) is 4.08. The second-order valence-electron chi connectivity index (χ2n) is 9.79. The van der Waals surface area contributed by atoms with Gasteiger partial charge in [0.05, 0.1) is 16.5 Å². The van der Waals surface area contributed by atoms with Crippen molar-refractivity contribution in [1.29, 1.82) is 0 Å². The molecule has 1 saturated heterocycles. The van der Waals surface area contributed by atoms with Gasteiger partial charge in [-0.05, 0) is 57.9 Å². The van der Waals surface area contributed by atoms with E-state index >= 15 is 0 Å². The lowest BCUT2D eigenvalue weighted by molar-refractivity contribution is 0.0533. The highest BCUT2D eigenvalue weighted by Crippen LogP contribution is 2.43. The Morgan fingerprint density at radius 3 is 2.26 bits per heavy atom. The number of ether oxygens (including phenoxy) is 1. The summed E-state index contributed by atoms with van der Waals surface area (Å²) in [5.41, 5.74) is 2.69. The van der Waals surface area contributed by atoms with Crippen molar-refractivity contribution in [2.45, 2.75) is 45.1 Å². The molecule has 1 aliphatic rings. The maximum absolute atomic E-state index is 12.9.